The molecule has 4 aliphatic carbocycles. The smallest absolute Gasteiger partial charge is 0.0571 e. The van der Waals surface area contributed by atoms with Crippen LogP contribution in [0, 0.1) is 41.4 Å². The van der Waals surface area contributed by atoms with Gasteiger partial charge in [-0.2, -0.15) is 0 Å². The van der Waals surface area contributed by atoms with Crippen LogP contribution in [-0.2, 0) is 4.74 Å². The van der Waals surface area contributed by atoms with Gasteiger partial charge in [0.25, 0.3) is 0 Å². The van der Waals surface area contributed by atoms with Gasteiger partial charge >= 0.3 is 0 Å². The molecular formula is C31H52O. The minimum Gasteiger partial charge on any atom is -0.381 e. The predicted octanol–water partition coefficient (Wildman–Crippen LogP) is 9.13. The first-order valence-corrected chi connectivity index (χ1v) is 14.6. The summed E-state index contributed by atoms with van der Waals surface area (Å²) in [5.74, 6) is 6.89. The summed E-state index contributed by atoms with van der Waals surface area (Å²) in [6, 6.07) is 0. The Morgan fingerprint density at radius 2 is 1.00 bits per heavy atom. The van der Waals surface area contributed by atoms with Crippen molar-refractivity contribution in [1.29, 1.82) is 0 Å². The molecule has 0 aromatic heterocycles. The standard InChI is InChI=1S/C31H52O/c1-3-4-5-24-6-8-25(9-7-24)10-11-26-12-14-27(15-13-26)28-16-18-29(19-17-28)30-20-22-31(32-2)23-21-30/h3,10-11,24-31H,1,4-9,12-23H2,2H3/b11-10+. The van der Waals surface area contributed by atoms with E-state index < -0.39 is 0 Å². The molecular weight excluding hydrogens is 388 g/mol. The fourth-order valence-electron chi connectivity index (χ4n) is 8.03. The molecule has 0 amide bonds. The fourth-order valence-corrected chi connectivity index (χ4v) is 8.03. The van der Waals surface area contributed by atoms with E-state index in [0.29, 0.717) is 6.10 Å². The molecule has 0 aromatic carbocycles. The quantitative estimate of drug-likeness (QED) is 0.342. The van der Waals surface area contributed by atoms with Crippen LogP contribution in [0.2, 0.25) is 0 Å². The van der Waals surface area contributed by atoms with Crippen LogP contribution >= 0.6 is 0 Å². The van der Waals surface area contributed by atoms with Gasteiger partial charge in [-0.1, -0.05) is 18.2 Å². The maximum atomic E-state index is 5.59. The first kappa shape index (κ1) is 24.6. The van der Waals surface area contributed by atoms with Gasteiger partial charge < -0.3 is 4.74 Å². The summed E-state index contributed by atoms with van der Waals surface area (Å²) >= 11 is 0. The van der Waals surface area contributed by atoms with Gasteiger partial charge in [-0.3, -0.25) is 0 Å². The second kappa shape index (κ2) is 12.8. The van der Waals surface area contributed by atoms with Crippen molar-refractivity contribution in [3.63, 3.8) is 0 Å². The maximum Gasteiger partial charge on any atom is 0.0571 e. The molecule has 0 radical (unpaired) electrons. The molecule has 32 heavy (non-hydrogen) atoms. The third-order valence-electron chi connectivity index (χ3n) is 10.3. The average molecular weight is 441 g/mol. The third kappa shape index (κ3) is 6.97. The SMILES string of the molecule is C=CCCC1CCC(/C=C/C2CCC(C3CCC(C4CCC(OC)CC4)CC3)CC2)CC1. The highest BCUT2D eigenvalue weighted by Crippen LogP contribution is 2.45. The van der Waals surface area contributed by atoms with Crippen LogP contribution in [0.4, 0.5) is 0 Å². The van der Waals surface area contributed by atoms with Gasteiger partial charge in [-0.25, -0.2) is 0 Å². The van der Waals surface area contributed by atoms with Gasteiger partial charge in [0.05, 0.1) is 6.10 Å². The number of hydrogen-bond acceptors (Lipinski definition) is 1. The molecule has 1 heteroatoms. The van der Waals surface area contributed by atoms with Gasteiger partial charge in [-0.15, -0.1) is 6.58 Å². The lowest BCUT2D eigenvalue weighted by Gasteiger charge is -2.41. The zero-order valence-corrected chi connectivity index (χ0v) is 21.2. The van der Waals surface area contributed by atoms with Gasteiger partial charge in [0.15, 0.2) is 0 Å². The Balaban J connectivity index is 1.11. The van der Waals surface area contributed by atoms with Crippen molar-refractivity contribution >= 4 is 0 Å². The van der Waals surface area contributed by atoms with E-state index in [4.69, 9.17) is 4.74 Å². The summed E-state index contributed by atoms with van der Waals surface area (Å²) in [6.45, 7) is 3.89. The maximum absolute atomic E-state index is 5.59. The molecule has 1 nitrogen and oxygen atoms in total. The number of allylic oxidation sites excluding steroid dienone is 3. The van der Waals surface area contributed by atoms with Crippen molar-refractivity contribution in [3.05, 3.63) is 24.8 Å². The molecule has 0 aromatic rings. The Bertz CT molecular complexity index is 547. The summed E-state index contributed by atoms with van der Waals surface area (Å²) in [5.41, 5.74) is 0. The van der Waals surface area contributed by atoms with Crippen LogP contribution in [0.1, 0.15) is 116 Å². The third-order valence-corrected chi connectivity index (χ3v) is 10.3. The molecule has 0 aliphatic heterocycles. The van der Waals surface area contributed by atoms with E-state index in [1.165, 1.54) is 116 Å². The van der Waals surface area contributed by atoms with Crippen molar-refractivity contribution in [2.45, 2.75) is 122 Å². The number of ether oxygens (including phenoxy) is 1. The summed E-state index contributed by atoms with van der Waals surface area (Å²) in [4.78, 5) is 0. The van der Waals surface area contributed by atoms with E-state index in [0.717, 1.165) is 41.4 Å². The zero-order chi connectivity index (χ0) is 22.2. The Kier molecular flexibility index (Phi) is 9.81. The van der Waals surface area contributed by atoms with Crippen LogP contribution in [0.3, 0.4) is 0 Å². The normalized spacial score (nSPS) is 41.5. The second-order valence-electron chi connectivity index (χ2n) is 12.2. The Hall–Kier alpha value is -0.560. The molecule has 182 valence electrons. The molecule has 4 fully saturated rings. The van der Waals surface area contributed by atoms with Crippen molar-refractivity contribution < 1.29 is 4.74 Å². The Morgan fingerprint density at radius 1 is 0.594 bits per heavy atom. The minimum absolute atomic E-state index is 0.559. The van der Waals surface area contributed by atoms with Crippen molar-refractivity contribution in [2.24, 2.45) is 41.4 Å². The molecule has 0 heterocycles. The summed E-state index contributed by atoms with van der Waals surface area (Å²) < 4.78 is 5.59. The largest absolute Gasteiger partial charge is 0.381 e. The molecule has 0 unspecified atom stereocenters. The van der Waals surface area contributed by atoms with Crippen LogP contribution in [-0.4, -0.2) is 13.2 Å². The van der Waals surface area contributed by atoms with Gasteiger partial charge in [-0.05, 0) is 157 Å². The number of hydrogen-bond donors (Lipinski definition) is 0. The van der Waals surface area contributed by atoms with Crippen molar-refractivity contribution in [1.82, 2.24) is 0 Å². The molecule has 0 spiro atoms. The predicted molar refractivity (Wildman–Crippen MR) is 138 cm³/mol. The van der Waals surface area contributed by atoms with E-state index in [-0.39, 0.29) is 0 Å². The van der Waals surface area contributed by atoms with Crippen molar-refractivity contribution in [3.8, 4) is 0 Å². The molecule has 0 N–H and O–H groups in total. The number of rotatable bonds is 8. The van der Waals surface area contributed by atoms with Gasteiger partial charge in [0.2, 0.25) is 0 Å². The summed E-state index contributed by atoms with van der Waals surface area (Å²) in [7, 11) is 1.90. The van der Waals surface area contributed by atoms with E-state index in [9.17, 15) is 0 Å². The molecule has 0 atom stereocenters. The lowest BCUT2D eigenvalue weighted by Crippen LogP contribution is -2.30. The van der Waals surface area contributed by atoms with Gasteiger partial charge in [0, 0.05) is 7.11 Å². The van der Waals surface area contributed by atoms with Crippen molar-refractivity contribution in [2.75, 3.05) is 7.11 Å². The highest BCUT2D eigenvalue weighted by Gasteiger charge is 2.34. The molecule has 4 rings (SSSR count). The highest BCUT2D eigenvalue weighted by atomic mass is 16.5. The van der Waals surface area contributed by atoms with Crippen LogP contribution in [0.25, 0.3) is 0 Å². The minimum atomic E-state index is 0.559. The average Bonchev–Trinajstić information content (AvgIpc) is 2.87. The zero-order valence-electron chi connectivity index (χ0n) is 21.2. The summed E-state index contributed by atoms with van der Waals surface area (Å²) in [6.07, 6.45) is 33.9. The molecule has 4 aliphatic rings. The van der Waals surface area contributed by atoms with Crippen LogP contribution in [0.15, 0.2) is 24.8 Å². The van der Waals surface area contributed by atoms with Crippen LogP contribution in [0.5, 0.6) is 0 Å². The van der Waals surface area contributed by atoms with E-state index >= 15 is 0 Å². The second-order valence-corrected chi connectivity index (χ2v) is 12.2. The topological polar surface area (TPSA) is 9.23 Å². The van der Waals surface area contributed by atoms with E-state index in [1.807, 2.05) is 7.11 Å². The highest BCUT2D eigenvalue weighted by molar-refractivity contribution is 4.97. The van der Waals surface area contributed by atoms with Crippen LogP contribution < -0.4 is 0 Å². The Labute approximate surface area is 199 Å². The first-order valence-electron chi connectivity index (χ1n) is 14.6. The molecule has 0 bridgehead atoms. The van der Waals surface area contributed by atoms with Gasteiger partial charge in [0.1, 0.15) is 0 Å². The molecule has 4 saturated carbocycles. The van der Waals surface area contributed by atoms with E-state index in [2.05, 4.69) is 24.8 Å². The number of methoxy groups -OCH3 is 1. The first-order chi connectivity index (χ1) is 15.7. The summed E-state index contributed by atoms with van der Waals surface area (Å²) in [5, 5.41) is 0. The molecule has 0 saturated heterocycles. The monoisotopic (exact) mass is 440 g/mol. The Morgan fingerprint density at radius 3 is 1.44 bits per heavy atom. The lowest BCUT2D eigenvalue weighted by atomic mass is 9.65. The lowest BCUT2D eigenvalue weighted by molar-refractivity contribution is 0.0359. The van der Waals surface area contributed by atoms with E-state index in [1.54, 1.807) is 0 Å². The fraction of sp³-hybridized carbons (Fsp3) is 0.871.